The summed E-state index contributed by atoms with van der Waals surface area (Å²) in [4.78, 5) is 10.9. The quantitative estimate of drug-likeness (QED) is 0.443. The van der Waals surface area contributed by atoms with Gasteiger partial charge >= 0.3 is 5.97 Å². The van der Waals surface area contributed by atoms with Gasteiger partial charge in [0.15, 0.2) is 6.29 Å². The summed E-state index contributed by atoms with van der Waals surface area (Å²) in [6.45, 7) is 11.0. The molecule has 0 amide bonds. The highest BCUT2D eigenvalue weighted by Gasteiger charge is 2.24. The van der Waals surface area contributed by atoms with Crippen LogP contribution in [0.2, 0.25) is 0 Å². The van der Waals surface area contributed by atoms with Crippen LogP contribution in [0.25, 0.3) is 0 Å². The zero-order valence-electron chi connectivity index (χ0n) is 14.1. The molecule has 0 fully saturated rings. The predicted octanol–water partition coefficient (Wildman–Crippen LogP) is 2.61. The lowest BCUT2D eigenvalue weighted by molar-refractivity contribution is -0.193. The van der Waals surface area contributed by atoms with Crippen molar-refractivity contribution in [2.45, 2.75) is 53.8 Å². The second-order valence-electron chi connectivity index (χ2n) is 6.22. The lowest BCUT2D eigenvalue weighted by Crippen LogP contribution is -2.34. The molecule has 0 aromatic carbocycles. The van der Waals surface area contributed by atoms with Crippen LogP contribution in [0.4, 0.5) is 0 Å². The highest BCUT2D eigenvalue weighted by atomic mass is 16.7. The van der Waals surface area contributed by atoms with E-state index in [9.17, 15) is 9.90 Å². The standard InChI is InChI=1S/C16H32O5/c1-12(2)6-8-19-16(20-9-7-13(3)4)15(10-17)11-21-14(5)18/h12-13,15-17H,6-11H2,1-5H3. The third kappa shape index (κ3) is 11.7. The minimum absolute atomic E-state index is 0.111. The molecule has 0 aromatic rings. The molecule has 0 saturated carbocycles. The number of esters is 1. The Hall–Kier alpha value is -0.650. The Morgan fingerprint density at radius 1 is 1.00 bits per heavy atom. The summed E-state index contributed by atoms with van der Waals surface area (Å²) in [6.07, 6.45) is 1.32. The van der Waals surface area contributed by atoms with E-state index in [0.717, 1.165) is 12.8 Å². The highest BCUT2D eigenvalue weighted by Crippen LogP contribution is 2.14. The maximum absolute atomic E-state index is 10.9. The van der Waals surface area contributed by atoms with Crippen LogP contribution < -0.4 is 0 Å². The van der Waals surface area contributed by atoms with E-state index in [2.05, 4.69) is 27.7 Å². The number of rotatable bonds is 12. The van der Waals surface area contributed by atoms with E-state index >= 15 is 0 Å². The van der Waals surface area contributed by atoms with Crippen LogP contribution in [0, 0.1) is 17.8 Å². The van der Waals surface area contributed by atoms with Gasteiger partial charge < -0.3 is 19.3 Å². The topological polar surface area (TPSA) is 65.0 Å². The van der Waals surface area contributed by atoms with E-state index < -0.39 is 6.29 Å². The zero-order chi connectivity index (χ0) is 16.3. The van der Waals surface area contributed by atoms with Crippen molar-refractivity contribution in [2.24, 2.45) is 17.8 Å². The van der Waals surface area contributed by atoms with Crippen molar-refractivity contribution in [3.63, 3.8) is 0 Å². The van der Waals surface area contributed by atoms with E-state index in [1.165, 1.54) is 6.92 Å². The molecule has 0 rings (SSSR count). The van der Waals surface area contributed by atoms with Crippen molar-refractivity contribution in [3.05, 3.63) is 0 Å². The molecule has 5 heteroatoms. The zero-order valence-corrected chi connectivity index (χ0v) is 14.1. The number of aliphatic hydroxyl groups is 1. The van der Waals surface area contributed by atoms with Crippen molar-refractivity contribution in [1.29, 1.82) is 0 Å². The van der Waals surface area contributed by atoms with Crippen molar-refractivity contribution in [2.75, 3.05) is 26.4 Å². The molecular formula is C16H32O5. The molecule has 0 saturated heterocycles. The van der Waals surface area contributed by atoms with E-state index in [1.54, 1.807) is 0 Å². The van der Waals surface area contributed by atoms with Crippen LogP contribution in [0.3, 0.4) is 0 Å². The highest BCUT2D eigenvalue weighted by molar-refractivity contribution is 5.65. The van der Waals surface area contributed by atoms with E-state index in [4.69, 9.17) is 14.2 Å². The first kappa shape index (κ1) is 20.3. The molecule has 21 heavy (non-hydrogen) atoms. The third-order valence-corrected chi connectivity index (χ3v) is 3.07. The summed E-state index contributed by atoms with van der Waals surface area (Å²) in [6, 6.07) is 0. The average Bonchev–Trinajstić information content (AvgIpc) is 2.37. The molecule has 126 valence electrons. The Morgan fingerprint density at radius 3 is 1.81 bits per heavy atom. The Balaban J connectivity index is 4.38. The van der Waals surface area contributed by atoms with Crippen LogP contribution in [-0.4, -0.2) is 43.8 Å². The SMILES string of the molecule is CC(=O)OCC(CO)C(OCCC(C)C)OCCC(C)C. The summed E-state index contributed by atoms with van der Waals surface area (Å²) in [5, 5.41) is 9.48. The smallest absolute Gasteiger partial charge is 0.302 e. The number of carbonyl (C=O) groups excluding carboxylic acids is 1. The Morgan fingerprint density at radius 2 is 1.48 bits per heavy atom. The maximum Gasteiger partial charge on any atom is 0.302 e. The Labute approximate surface area is 129 Å². The predicted molar refractivity (Wildman–Crippen MR) is 81.8 cm³/mol. The lowest BCUT2D eigenvalue weighted by Gasteiger charge is -2.26. The lowest BCUT2D eigenvalue weighted by atomic mass is 10.1. The number of ether oxygens (including phenoxy) is 3. The fourth-order valence-electron chi connectivity index (χ4n) is 1.60. The van der Waals surface area contributed by atoms with Crippen molar-refractivity contribution >= 4 is 5.97 Å². The van der Waals surface area contributed by atoms with E-state index in [1.807, 2.05) is 0 Å². The molecular weight excluding hydrogens is 272 g/mol. The molecule has 0 aliphatic carbocycles. The molecule has 0 bridgehead atoms. The molecule has 0 radical (unpaired) electrons. The van der Waals surface area contributed by atoms with Gasteiger partial charge in [-0.1, -0.05) is 27.7 Å². The largest absolute Gasteiger partial charge is 0.465 e. The molecule has 0 heterocycles. The van der Waals surface area contributed by atoms with Crippen molar-refractivity contribution in [3.8, 4) is 0 Å². The first-order valence-electron chi connectivity index (χ1n) is 7.84. The summed E-state index contributed by atoms with van der Waals surface area (Å²) < 4.78 is 16.5. The van der Waals surface area contributed by atoms with Crippen LogP contribution in [0.1, 0.15) is 47.5 Å². The minimum atomic E-state index is -0.535. The van der Waals surface area contributed by atoms with Gasteiger partial charge in [0.25, 0.3) is 0 Å². The summed E-state index contributed by atoms with van der Waals surface area (Å²) in [5.41, 5.74) is 0. The molecule has 1 unspecified atom stereocenters. The van der Waals surface area contributed by atoms with Gasteiger partial charge in [-0.15, -0.1) is 0 Å². The average molecular weight is 304 g/mol. The van der Waals surface area contributed by atoms with Gasteiger partial charge in [-0.05, 0) is 24.7 Å². The van der Waals surface area contributed by atoms with Gasteiger partial charge in [-0.3, -0.25) is 4.79 Å². The van der Waals surface area contributed by atoms with Gasteiger partial charge in [-0.25, -0.2) is 0 Å². The van der Waals surface area contributed by atoms with Gasteiger partial charge in [0, 0.05) is 20.1 Å². The fraction of sp³-hybridized carbons (Fsp3) is 0.938. The van der Waals surface area contributed by atoms with E-state index in [-0.39, 0.29) is 25.1 Å². The van der Waals surface area contributed by atoms with Crippen molar-refractivity contribution < 1.29 is 24.1 Å². The monoisotopic (exact) mass is 304 g/mol. The molecule has 0 spiro atoms. The van der Waals surface area contributed by atoms with Crippen LogP contribution in [0.15, 0.2) is 0 Å². The maximum atomic E-state index is 10.9. The summed E-state index contributed by atoms with van der Waals surface area (Å²) in [5.74, 6) is 0.370. The Kier molecular flexibility index (Phi) is 11.6. The molecule has 5 nitrogen and oxygen atoms in total. The first-order chi connectivity index (χ1) is 9.86. The van der Waals surface area contributed by atoms with Gasteiger partial charge in [0.2, 0.25) is 0 Å². The normalized spacial score (nSPS) is 13.2. The van der Waals surface area contributed by atoms with Gasteiger partial charge in [-0.2, -0.15) is 0 Å². The van der Waals surface area contributed by atoms with Gasteiger partial charge in [0.05, 0.1) is 12.5 Å². The van der Waals surface area contributed by atoms with E-state index in [0.29, 0.717) is 25.0 Å². The molecule has 1 N–H and O–H groups in total. The number of carbonyl (C=O) groups is 1. The number of aliphatic hydroxyl groups excluding tert-OH is 1. The molecule has 0 aliphatic rings. The summed E-state index contributed by atoms with van der Waals surface area (Å²) >= 11 is 0. The van der Waals surface area contributed by atoms with Gasteiger partial charge in [0.1, 0.15) is 6.61 Å². The minimum Gasteiger partial charge on any atom is -0.465 e. The Bertz CT molecular complexity index is 251. The first-order valence-corrected chi connectivity index (χ1v) is 7.84. The van der Waals surface area contributed by atoms with Crippen LogP contribution >= 0.6 is 0 Å². The number of hydrogen-bond acceptors (Lipinski definition) is 5. The number of hydrogen-bond donors (Lipinski definition) is 1. The molecule has 1 atom stereocenters. The second-order valence-corrected chi connectivity index (χ2v) is 6.22. The fourth-order valence-corrected chi connectivity index (χ4v) is 1.60. The molecule has 0 aliphatic heterocycles. The van der Waals surface area contributed by atoms with Crippen LogP contribution in [-0.2, 0) is 19.0 Å². The summed E-state index contributed by atoms with van der Waals surface area (Å²) in [7, 11) is 0. The van der Waals surface area contributed by atoms with Crippen LogP contribution in [0.5, 0.6) is 0 Å². The third-order valence-electron chi connectivity index (χ3n) is 3.07. The molecule has 0 aromatic heterocycles. The second kappa shape index (κ2) is 12.0. The van der Waals surface area contributed by atoms with Crippen molar-refractivity contribution in [1.82, 2.24) is 0 Å².